The summed E-state index contributed by atoms with van der Waals surface area (Å²) in [6.45, 7) is 9.18. The van der Waals surface area contributed by atoms with Gasteiger partial charge in [-0.25, -0.2) is 9.97 Å². The van der Waals surface area contributed by atoms with Gasteiger partial charge >= 0.3 is 0 Å². The van der Waals surface area contributed by atoms with Gasteiger partial charge in [0.15, 0.2) is 4.34 Å². The first-order valence-electron chi connectivity index (χ1n) is 6.11. The molecule has 6 heteroatoms. The van der Waals surface area contributed by atoms with Crippen LogP contribution in [0.2, 0.25) is 0 Å². The van der Waals surface area contributed by atoms with Crippen molar-refractivity contribution in [2.45, 2.75) is 49.1 Å². The fourth-order valence-corrected chi connectivity index (χ4v) is 3.06. The largest absolute Gasteiger partial charge is 0.308 e. The minimum atomic E-state index is 0.0943. The van der Waals surface area contributed by atoms with E-state index in [-0.39, 0.29) is 5.54 Å². The van der Waals surface area contributed by atoms with E-state index in [1.54, 1.807) is 11.8 Å². The van der Waals surface area contributed by atoms with E-state index in [1.807, 2.05) is 19.2 Å². The molecule has 0 spiro atoms. The maximum atomic E-state index is 4.45. The Balaban J connectivity index is 2.12. The van der Waals surface area contributed by atoms with Gasteiger partial charge in [0.05, 0.1) is 0 Å². The number of hydrogen-bond donors (Lipinski definition) is 1. The molecule has 2 aromatic rings. The highest BCUT2D eigenvalue weighted by molar-refractivity contribution is 8.00. The van der Waals surface area contributed by atoms with Crippen LogP contribution in [0.25, 0.3) is 0 Å². The number of rotatable bonds is 4. The van der Waals surface area contributed by atoms with Crippen LogP contribution >= 0.6 is 23.3 Å². The molecule has 102 valence electrons. The Hall–Kier alpha value is -0.980. The lowest BCUT2D eigenvalue weighted by Gasteiger charge is -2.21. The average molecular weight is 294 g/mol. The number of nitrogens with one attached hydrogen (secondary N) is 1. The molecule has 0 amide bonds. The minimum Gasteiger partial charge on any atom is -0.308 e. The second-order valence-corrected chi connectivity index (χ2v) is 7.27. The Bertz CT molecular complexity index is 546. The van der Waals surface area contributed by atoms with Gasteiger partial charge in [-0.05, 0) is 62.6 Å². The monoisotopic (exact) mass is 294 g/mol. The van der Waals surface area contributed by atoms with Crippen LogP contribution in [-0.4, -0.2) is 19.9 Å². The highest BCUT2D eigenvalue weighted by Gasteiger charge is 2.12. The van der Waals surface area contributed by atoms with Crippen LogP contribution in [0.1, 0.15) is 32.2 Å². The Morgan fingerprint density at radius 3 is 2.79 bits per heavy atom. The van der Waals surface area contributed by atoms with E-state index in [9.17, 15) is 0 Å². The summed E-state index contributed by atoms with van der Waals surface area (Å²) in [5.41, 5.74) is 1.28. The third-order valence-corrected chi connectivity index (χ3v) is 4.26. The number of aryl methyl sites for hydroxylation is 1. The first-order chi connectivity index (χ1) is 8.94. The summed E-state index contributed by atoms with van der Waals surface area (Å²) in [7, 11) is 0. The summed E-state index contributed by atoms with van der Waals surface area (Å²) in [6.07, 6.45) is 1.82. The minimum absolute atomic E-state index is 0.0943. The maximum Gasteiger partial charge on any atom is 0.176 e. The molecule has 19 heavy (non-hydrogen) atoms. The third-order valence-electron chi connectivity index (χ3n) is 2.35. The lowest BCUT2D eigenvalue weighted by atomic mass is 10.1. The fourth-order valence-electron chi connectivity index (χ4n) is 1.41. The fraction of sp³-hybridized carbons (Fsp3) is 0.462. The van der Waals surface area contributed by atoms with Crippen molar-refractivity contribution in [2.75, 3.05) is 0 Å². The SMILES string of the molecule is Cc1nsc(Sc2ncccc2CNC(C)(C)C)n1. The lowest BCUT2D eigenvalue weighted by Crippen LogP contribution is -2.35. The van der Waals surface area contributed by atoms with E-state index >= 15 is 0 Å². The highest BCUT2D eigenvalue weighted by Crippen LogP contribution is 2.29. The molecule has 0 radical (unpaired) electrons. The summed E-state index contributed by atoms with van der Waals surface area (Å²) >= 11 is 3.00. The van der Waals surface area contributed by atoms with Crippen molar-refractivity contribution in [1.82, 2.24) is 19.7 Å². The first kappa shape index (κ1) is 14.4. The molecule has 2 rings (SSSR count). The molecule has 4 nitrogen and oxygen atoms in total. The molecule has 0 saturated carbocycles. The predicted octanol–water partition coefficient (Wildman–Crippen LogP) is 3.28. The van der Waals surface area contributed by atoms with Crippen molar-refractivity contribution in [3.63, 3.8) is 0 Å². The molecule has 0 saturated heterocycles. The van der Waals surface area contributed by atoms with Gasteiger partial charge in [0.25, 0.3) is 0 Å². The zero-order chi connectivity index (χ0) is 13.9. The van der Waals surface area contributed by atoms with Crippen LogP contribution in [0.3, 0.4) is 0 Å². The first-order valence-corrected chi connectivity index (χ1v) is 7.70. The van der Waals surface area contributed by atoms with Crippen molar-refractivity contribution in [3.8, 4) is 0 Å². The van der Waals surface area contributed by atoms with Crippen molar-refractivity contribution >= 4 is 23.3 Å². The third kappa shape index (κ3) is 4.56. The van der Waals surface area contributed by atoms with Gasteiger partial charge in [0.1, 0.15) is 10.9 Å². The molecule has 0 aliphatic rings. The van der Waals surface area contributed by atoms with Crippen LogP contribution in [-0.2, 0) is 6.54 Å². The smallest absolute Gasteiger partial charge is 0.176 e. The van der Waals surface area contributed by atoms with Gasteiger partial charge < -0.3 is 5.32 Å². The molecule has 0 aliphatic heterocycles. The van der Waals surface area contributed by atoms with Crippen molar-refractivity contribution in [2.24, 2.45) is 0 Å². The second kappa shape index (κ2) is 5.98. The second-order valence-electron chi connectivity index (χ2n) is 5.28. The standard InChI is InChI=1S/C13H18N4S2/c1-9-16-12(19-17-9)18-11-10(6-5-7-14-11)8-15-13(2,3)4/h5-7,15H,8H2,1-4H3. The van der Waals surface area contributed by atoms with E-state index in [0.29, 0.717) is 0 Å². The van der Waals surface area contributed by atoms with Gasteiger partial charge in [-0.15, -0.1) is 0 Å². The molecule has 0 bridgehead atoms. The van der Waals surface area contributed by atoms with Gasteiger partial charge in [-0.1, -0.05) is 6.07 Å². The number of aromatic nitrogens is 3. The van der Waals surface area contributed by atoms with Crippen LogP contribution < -0.4 is 5.32 Å². The molecule has 0 atom stereocenters. The molecular formula is C13H18N4S2. The zero-order valence-electron chi connectivity index (χ0n) is 11.6. The van der Waals surface area contributed by atoms with Crippen LogP contribution in [0, 0.1) is 6.92 Å². The average Bonchev–Trinajstić information content (AvgIpc) is 2.73. The normalized spacial score (nSPS) is 11.8. The molecule has 0 fully saturated rings. The molecule has 0 aliphatic carbocycles. The summed E-state index contributed by atoms with van der Waals surface area (Å²) in [5.74, 6) is 0.817. The molecular weight excluding hydrogens is 276 g/mol. The zero-order valence-corrected chi connectivity index (χ0v) is 13.2. The van der Waals surface area contributed by atoms with E-state index in [1.165, 1.54) is 17.1 Å². The van der Waals surface area contributed by atoms with Crippen LogP contribution in [0.5, 0.6) is 0 Å². The Labute approximate surface area is 122 Å². The van der Waals surface area contributed by atoms with E-state index in [0.717, 1.165) is 21.7 Å². The van der Waals surface area contributed by atoms with E-state index in [2.05, 4.69) is 46.5 Å². The summed E-state index contributed by atoms with van der Waals surface area (Å²) in [5, 5.41) is 4.48. The van der Waals surface area contributed by atoms with E-state index < -0.39 is 0 Å². The van der Waals surface area contributed by atoms with Gasteiger partial charge in [0.2, 0.25) is 0 Å². The number of pyridine rings is 1. The number of nitrogens with zero attached hydrogens (tertiary/aromatic N) is 3. The molecule has 2 aromatic heterocycles. The van der Waals surface area contributed by atoms with Gasteiger partial charge in [-0.2, -0.15) is 4.37 Å². The van der Waals surface area contributed by atoms with Crippen molar-refractivity contribution in [3.05, 3.63) is 29.7 Å². The van der Waals surface area contributed by atoms with Gasteiger partial charge in [-0.3, -0.25) is 0 Å². The Morgan fingerprint density at radius 2 is 2.16 bits per heavy atom. The summed E-state index contributed by atoms with van der Waals surface area (Å²) < 4.78 is 5.13. The van der Waals surface area contributed by atoms with Crippen molar-refractivity contribution < 1.29 is 0 Å². The molecule has 2 heterocycles. The topological polar surface area (TPSA) is 50.7 Å². The lowest BCUT2D eigenvalue weighted by molar-refractivity contribution is 0.422. The molecule has 0 unspecified atom stereocenters. The Kier molecular flexibility index (Phi) is 4.54. The van der Waals surface area contributed by atoms with Crippen LogP contribution in [0.4, 0.5) is 0 Å². The van der Waals surface area contributed by atoms with E-state index in [4.69, 9.17) is 0 Å². The van der Waals surface area contributed by atoms with Gasteiger partial charge in [0, 0.05) is 18.3 Å². The van der Waals surface area contributed by atoms with Crippen molar-refractivity contribution in [1.29, 1.82) is 0 Å². The quantitative estimate of drug-likeness (QED) is 0.938. The van der Waals surface area contributed by atoms with Crippen LogP contribution in [0.15, 0.2) is 27.7 Å². The predicted molar refractivity (Wildman–Crippen MR) is 79.6 cm³/mol. The number of hydrogen-bond acceptors (Lipinski definition) is 6. The highest BCUT2D eigenvalue weighted by atomic mass is 32.2. The maximum absolute atomic E-state index is 4.45. The summed E-state index contributed by atoms with van der Waals surface area (Å²) in [6, 6.07) is 4.07. The molecule has 0 aromatic carbocycles. The summed E-state index contributed by atoms with van der Waals surface area (Å²) in [4.78, 5) is 8.81. The molecule has 1 N–H and O–H groups in total. The Morgan fingerprint density at radius 1 is 1.37 bits per heavy atom.